The van der Waals surface area contributed by atoms with Crippen LogP contribution in [0.2, 0.25) is 0 Å². The van der Waals surface area contributed by atoms with E-state index in [-0.39, 0.29) is 6.42 Å². The molecule has 0 radical (unpaired) electrons. The number of carbonyl (C=O) groups is 1. The molecule has 0 spiro atoms. The minimum atomic E-state index is -3.79. The van der Waals surface area contributed by atoms with Crippen molar-refractivity contribution in [1.29, 1.82) is 0 Å². The average Bonchev–Trinajstić information content (AvgIpc) is 1.48. The molecule has 0 aliphatic heterocycles. The highest BCUT2D eigenvalue weighted by molar-refractivity contribution is 7.87. The standard InChI is InChI=1S/C5H13N3O3S/c1-5(2,3-4(6)9)8-12(7,10)11/h8H,3H2,1-2H3,(H2,6,9)(H2,7,10,11). The fourth-order valence-corrected chi connectivity index (χ4v) is 1.70. The fourth-order valence-electron chi connectivity index (χ4n) is 0.857. The first kappa shape index (κ1) is 11.3. The van der Waals surface area contributed by atoms with Crippen molar-refractivity contribution < 1.29 is 13.2 Å². The van der Waals surface area contributed by atoms with E-state index in [0.717, 1.165) is 0 Å². The molecule has 0 unspecified atom stereocenters. The summed E-state index contributed by atoms with van der Waals surface area (Å²) in [4.78, 5) is 10.4. The van der Waals surface area contributed by atoms with Gasteiger partial charge in [0.05, 0.1) is 0 Å². The molecule has 0 saturated heterocycles. The number of amides is 1. The monoisotopic (exact) mass is 195 g/mol. The van der Waals surface area contributed by atoms with Gasteiger partial charge >= 0.3 is 0 Å². The molecule has 0 aromatic heterocycles. The third-order valence-electron chi connectivity index (χ3n) is 1.03. The van der Waals surface area contributed by atoms with Crippen LogP contribution in [-0.2, 0) is 15.0 Å². The van der Waals surface area contributed by atoms with E-state index >= 15 is 0 Å². The van der Waals surface area contributed by atoms with Gasteiger partial charge in [0, 0.05) is 12.0 Å². The van der Waals surface area contributed by atoms with E-state index in [0.29, 0.717) is 0 Å². The van der Waals surface area contributed by atoms with E-state index in [1.807, 2.05) is 0 Å². The second kappa shape index (κ2) is 3.38. The Kier molecular flexibility index (Phi) is 3.19. The van der Waals surface area contributed by atoms with Gasteiger partial charge in [-0.1, -0.05) is 0 Å². The Balaban J connectivity index is 4.33. The normalized spacial score (nSPS) is 12.9. The quantitative estimate of drug-likeness (QED) is 0.503. The molecule has 0 fully saturated rings. The van der Waals surface area contributed by atoms with E-state index < -0.39 is 21.7 Å². The molecule has 0 heterocycles. The molecule has 0 aliphatic rings. The summed E-state index contributed by atoms with van der Waals surface area (Å²) in [7, 11) is -3.79. The van der Waals surface area contributed by atoms with E-state index in [2.05, 4.69) is 4.72 Å². The summed E-state index contributed by atoms with van der Waals surface area (Å²) in [5, 5.41) is 4.71. The first-order chi connectivity index (χ1) is 5.12. The van der Waals surface area contributed by atoms with Crippen LogP contribution in [0, 0.1) is 0 Å². The maximum atomic E-state index is 10.5. The summed E-state index contributed by atoms with van der Waals surface area (Å²) < 4.78 is 23.2. The molecule has 0 aliphatic carbocycles. The Morgan fingerprint density at radius 1 is 1.50 bits per heavy atom. The Bertz CT molecular complexity index is 270. The van der Waals surface area contributed by atoms with Gasteiger partial charge in [-0.2, -0.15) is 13.1 Å². The number of rotatable bonds is 4. The Morgan fingerprint density at radius 2 is 1.92 bits per heavy atom. The highest BCUT2D eigenvalue weighted by Crippen LogP contribution is 2.07. The molecule has 0 atom stereocenters. The third kappa shape index (κ3) is 6.08. The maximum absolute atomic E-state index is 10.5. The third-order valence-corrected chi connectivity index (χ3v) is 1.87. The molecule has 6 nitrogen and oxygen atoms in total. The van der Waals surface area contributed by atoms with Gasteiger partial charge in [0.25, 0.3) is 10.2 Å². The molecular formula is C5H13N3O3S. The van der Waals surface area contributed by atoms with Crippen molar-refractivity contribution in [3.8, 4) is 0 Å². The molecule has 0 bridgehead atoms. The first-order valence-corrected chi connectivity index (χ1v) is 4.77. The van der Waals surface area contributed by atoms with Crippen LogP contribution in [0.4, 0.5) is 0 Å². The van der Waals surface area contributed by atoms with E-state index in [1.165, 1.54) is 13.8 Å². The van der Waals surface area contributed by atoms with Crippen LogP contribution in [0.15, 0.2) is 0 Å². The highest BCUT2D eigenvalue weighted by atomic mass is 32.2. The lowest BCUT2D eigenvalue weighted by Crippen LogP contribution is -2.48. The smallest absolute Gasteiger partial charge is 0.274 e. The molecule has 7 heteroatoms. The van der Waals surface area contributed by atoms with Gasteiger partial charge in [-0.3, -0.25) is 4.79 Å². The SMILES string of the molecule is CC(C)(CC(N)=O)NS(N)(=O)=O. The van der Waals surface area contributed by atoms with Crippen LogP contribution >= 0.6 is 0 Å². The zero-order valence-electron chi connectivity index (χ0n) is 6.99. The lowest BCUT2D eigenvalue weighted by Gasteiger charge is -2.22. The van der Waals surface area contributed by atoms with Crippen LogP contribution in [0.5, 0.6) is 0 Å². The van der Waals surface area contributed by atoms with Crippen molar-refractivity contribution in [2.45, 2.75) is 25.8 Å². The van der Waals surface area contributed by atoms with Gasteiger partial charge < -0.3 is 5.73 Å². The molecule has 0 aromatic rings. The molecule has 0 rings (SSSR count). The van der Waals surface area contributed by atoms with Crippen LogP contribution in [-0.4, -0.2) is 19.9 Å². The van der Waals surface area contributed by atoms with E-state index in [4.69, 9.17) is 10.9 Å². The predicted molar refractivity (Wildman–Crippen MR) is 44.1 cm³/mol. The first-order valence-electron chi connectivity index (χ1n) is 3.22. The maximum Gasteiger partial charge on any atom is 0.274 e. The molecule has 5 N–H and O–H groups in total. The molecule has 0 aromatic carbocycles. The zero-order chi connectivity index (χ0) is 9.99. The lowest BCUT2D eigenvalue weighted by molar-refractivity contribution is -0.119. The number of carbonyl (C=O) groups excluding carboxylic acids is 1. The minimum absolute atomic E-state index is 0.0938. The number of primary amides is 1. The van der Waals surface area contributed by atoms with Gasteiger partial charge in [-0.05, 0) is 13.8 Å². The summed E-state index contributed by atoms with van der Waals surface area (Å²) in [6.07, 6.45) is -0.0938. The zero-order valence-corrected chi connectivity index (χ0v) is 7.81. The number of hydrogen-bond donors (Lipinski definition) is 3. The van der Waals surface area contributed by atoms with Crippen molar-refractivity contribution in [2.75, 3.05) is 0 Å². The second-order valence-corrected chi connectivity index (χ2v) is 4.47. The highest BCUT2D eigenvalue weighted by Gasteiger charge is 2.24. The number of nitrogens with two attached hydrogens (primary N) is 2. The van der Waals surface area contributed by atoms with Crippen molar-refractivity contribution in [2.24, 2.45) is 10.9 Å². The second-order valence-electron chi connectivity index (χ2n) is 3.17. The summed E-state index contributed by atoms with van der Waals surface area (Å²) in [5.74, 6) is -0.587. The van der Waals surface area contributed by atoms with Crippen molar-refractivity contribution in [1.82, 2.24) is 4.72 Å². The van der Waals surface area contributed by atoms with Crippen LogP contribution in [0.25, 0.3) is 0 Å². The van der Waals surface area contributed by atoms with Gasteiger partial charge in [0.1, 0.15) is 0 Å². The molecular weight excluding hydrogens is 182 g/mol. The number of nitrogens with one attached hydrogen (secondary N) is 1. The van der Waals surface area contributed by atoms with Crippen LogP contribution in [0.1, 0.15) is 20.3 Å². The van der Waals surface area contributed by atoms with Crippen molar-refractivity contribution in [3.05, 3.63) is 0 Å². The van der Waals surface area contributed by atoms with Gasteiger partial charge in [0.15, 0.2) is 0 Å². The molecule has 1 amide bonds. The van der Waals surface area contributed by atoms with E-state index in [1.54, 1.807) is 0 Å². The number of hydrogen-bond acceptors (Lipinski definition) is 3. The molecule has 12 heavy (non-hydrogen) atoms. The Morgan fingerprint density at radius 3 is 2.17 bits per heavy atom. The summed E-state index contributed by atoms with van der Waals surface area (Å²) in [6, 6.07) is 0. The van der Waals surface area contributed by atoms with E-state index in [9.17, 15) is 13.2 Å². The largest absolute Gasteiger partial charge is 0.370 e. The lowest BCUT2D eigenvalue weighted by atomic mass is 10.0. The Labute approximate surface area is 71.5 Å². The summed E-state index contributed by atoms with van der Waals surface area (Å²) in [6.45, 7) is 3.03. The minimum Gasteiger partial charge on any atom is -0.370 e. The van der Waals surface area contributed by atoms with Crippen molar-refractivity contribution in [3.63, 3.8) is 0 Å². The van der Waals surface area contributed by atoms with Crippen molar-refractivity contribution >= 4 is 16.1 Å². The average molecular weight is 195 g/mol. The molecule has 0 saturated carbocycles. The van der Waals surface area contributed by atoms with Gasteiger partial charge in [0.2, 0.25) is 5.91 Å². The summed E-state index contributed by atoms with van der Waals surface area (Å²) in [5.41, 5.74) is 3.95. The van der Waals surface area contributed by atoms with Crippen LogP contribution in [0.3, 0.4) is 0 Å². The Hall–Kier alpha value is -0.660. The topological polar surface area (TPSA) is 115 Å². The van der Waals surface area contributed by atoms with Gasteiger partial charge in [-0.15, -0.1) is 0 Å². The molecule has 72 valence electrons. The predicted octanol–water partition coefficient (Wildman–Crippen LogP) is -1.57. The van der Waals surface area contributed by atoms with Crippen LogP contribution < -0.4 is 15.6 Å². The summed E-state index contributed by atoms with van der Waals surface area (Å²) >= 11 is 0. The van der Waals surface area contributed by atoms with Gasteiger partial charge in [-0.25, -0.2) is 5.14 Å². The fraction of sp³-hybridized carbons (Fsp3) is 0.800.